The molecule has 0 aromatic carbocycles. The van der Waals surface area contributed by atoms with Crippen LogP contribution >= 0.6 is 11.6 Å². The minimum Gasteiger partial charge on any atom is -0.326 e. The van der Waals surface area contributed by atoms with E-state index in [1.54, 1.807) is 0 Å². The number of rotatable bonds is 1. The molecule has 0 fully saturated rings. The molecule has 6 heteroatoms. The van der Waals surface area contributed by atoms with Crippen LogP contribution in [-0.4, -0.2) is 4.98 Å². The van der Waals surface area contributed by atoms with Crippen molar-refractivity contribution in [2.75, 3.05) is 0 Å². The van der Waals surface area contributed by atoms with Crippen molar-refractivity contribution in [1.29, 1.82) is 0 Å². The summed E-state index contributed by atoms with van der Waals surface area (Å²) in [6.45, 7) is -0.0373. The first kappa shape index (κ1) is 10.3. The van der Waals surface area contributed by atoms with Crippen LogP contribution in [0.3, 0.4) is 0 Å². The van der Waals surface area contributed by atoms with Crippen molar-refractivity contribution in [3.63, 3.8) is 0 Å². The van der Waals surface area contributed by atoms with E-state index in [1.165, 1.54) is 0 Å². The molecule has 0 aliphatic rings. The third kappa shape index (κ3) is 2.32. The molecule has 0 amide bonds. The van der Waals surface area contributed by atoms with Crippen LogP contribution in [0.4, 0.5) is 13.2 Å². The summed E-state index contributed by atoms with van der Waals surface area (Å²) < 4.78 is 36.3. The van der Waals surface area contributed by atoms with Gasteiger partial charge in [-0.05, 0) is 11.6 Å². The van der Waals surface area contributed by atoms with Gasteiger partial charge in [0.1, 0.15) is 5.69 Å². The van der Waals surface area contributed by atoms with Crippen molar-refractivity contribution in [2.45, 2.75) is 12.7 Å². The Labute approximate surface area is 77.5 Å². The standard InChI is InChI=1S/C7H6ClF3N2/c8-5-3-13-6(7(9,10)11)1-4(5)2-12/h1,3H,2,12H2. The summed E-state index contributed by atoms with van der Waals surface area (Å²) >= 11 is 5.54. The zero-order valence-corrected chi connectivity index (χ0v) is 7.15. The Kier molecular flexibility index (Phi) is 2.77. The predicted octanol–water partition coefficient (Wildman–Crippen LogP) is 2.21. The van der Waals surface area contributed by atoms with E-state index in [0.717, 1.165) is 12.3 Å². The Morgan fingerprint density at radius 2 is 2.08 bits per heavy atom. The van der Waals surface area contributed by atoms with Crippen LogP contribution < -0.4 is 5.73 Å². The van der Waals surface area contributed by atoms with Crippen LogP contribution in [-0.2, 0) is 12.7 Å². The molecule has 1 aromatic rings. The molecule has 13 heavy (non-hydrogen) atoms. The fourth-order valence-corrected chi connectivity index (χ4v) is 0.972. The predicted molar refractivity (Wildman–Crippen MR) is 42.1 cm³/mol. The van der Waals surface area contributed by atoms with Gasteiger partial charge in [-0.1, -0.05) is 11.6 Å². The highest BCUT2D eigenvalue weighted by molar-refractivity contribution is 6.31. The zero-order chi connectivity index (χ0) is 10.1. The third-order valence-corrected chi connectivity index (χ3v) is 1.79. The maximum Gasteiger partial charge on any atom is 0.433 e. The molecule has 0 saturated carbocycles. The molecule has 2 N–H and O–H groups in total. The number of hydrogen-bond acceptors (Lipinski definition) is 2. The molecule has 0 atom stereocenters. The van der Waals surface area contributed by atoms with E-state index in [4.69, 9.17) is 17.3 Å². The molecule has 0 unspecified atom stereocenters. The summed E-state index contributed by atoms with van der Waals surface area (Å²) in [5, 5.41) is 0.149. The van der Waals surface area contributed by atoms with E-state index in [-0.39, 0.29) is 17.1 Å². The van der Waals surface area contributed by atoms with Crippen LogP contribution in [0.25, 0.3) is 0 Å². The second-order valence-corrected chi connectivity index (χ2v) is 2.77. The summed E-state index contributed by atoms with van der Waals surface area (Å²) in [7, 11) is 0. The number of alkyl halides is 3. The molecule has 0 aliphatic carbocycles. The average molecular weight is 211 g/mol. The van der Waals surface area contributed by atoms with Crippen LogP contribution in [0, 0.1) is 0 Å². The van der Waals surface area contributed by atoms with Gasteiger partial charge in [0, 0.05) is 12.7 Å². The fourth-order valence-electron chi connectivity index (χ4n) is 0.792. The Hall–Kier alpha value is -0.810. The molecule has 72 valence electrons. The number of nitrogens with zero attached hydrogens (tertiary/aromatic N) is 1. The lowest BCUT2D eigenvalue weighted by atomic mass is 10.2. The molecule has 1 heterocycles. The molecule has 0 bridgehead atoms. The largest absolute Gasteiger partial charge is 0.433 e. The van der Waals surface area contributed by atoms with Crippen LogP contribution in [0.5, 0.6) is 0 Å². The van der Waals surface area contributed by atoms with Gasteiger partial charge in [0.15, 0.2) is 0 Å². The minimum absolute atomic E-state index is 0.0373. The van der Waals surface area contributed by atoms with Gasteiger partial charge in [0.2, 0.25) is 0 Å². The normalized spacial score (nSPS) is 11.8. The van der Waals surface area contributed by atoms with Gasteiger partial charge in [-0.25, -0.2) is 0 Å². The zero-order valence-electron chi connectivity index (χ0n) is 6.40. The number of halogens is 4. The van der Waals surface area contributed by atoms with E-state index in [1.807, 2.05) is 0 Å². The first-order valence-electron chi connectivity index (χ1n) is 3.37. The summed E-state index contributed by atoms with van der Waals surface area (Å²) in [4.78, 5) is 3.15. The second kappa shape index (κ2) is 3.51. The Bertz CT molecular complexity index is 311. The molecule has 0 spiro atoms. The summed E-state index contributed by atoms with van der Waals surface area (Å²) in [6, 6.07) is 0.850. The summed E-state index contributed by atoms with van der Waals surface area (Å²) in [5.74, 6) is 0. The Morgan fingerprint density at radius 1 is 1.46 bits per heavy atom. The van der Waals surface area contributed by atoms with Crippen molar-refractivity contribution in [3.8, 4) is 0 Å². The van der Waals surface area contributed by atoms with Gasteiger partial charge in [-0.3, -0.25) is 4.98 Å². The van der Waals surface area contributed by atoms with Gasteiger partial charge >= 0.3 is 6.18 Å². The Balaban J connectivity index is 3.14. The van der Waals surface area contributed by atoms with Gasteiger partial charge in [0.25, 0.3) is 0 Å². The van der Waals surface area contributed by atoms with Crippen molar-refractivity contribution < 1.29 is 13.2 Å². The summed E-state index contributed by atoms with van der Waals surface area (Å²) in [5.41, 5.74) is 4.45. The first-order chi connectivity index (χ1) is 5.95. The number of nitrogens with two attached hydrogens (primary N) is 1. The maximum atomic E-state index is 12.1. The molecular weight excluding hydrogens is 205 g/mol. The lowest BCUT2D eigenvalue weighted by Gasteiger charge is -2.07. The van der Waals surface area contributed by atoms with Crippen LogP contribution in [0.15, 0.2) is 12.3 Å². The van der Waals surface area contributed by atoms with E-state index in [0.29, 0.717) is 0 Å². The van der Waals surface area contributed by atoms with E-state index >= 15 is 0 Å². The highest BCUT2D eigenvalue weighted by atomic mass is 35.5. The Morgan fingerprint density at radius 3 is 2.54 bits per heavy atom. The quantitative estimate of drug-likeness (QED) is 0.772. The van der Waals surface area contributed by atoms with E-state index in [9.17, 15) is 13.2 Å². The van der Waals surface area contributed by atoms with Crippen molar-refractivity contribution in [1.82, 2.24) is 4.98 Å². The van der Waals surface area contributed by atoms with Gasteiger partial charge in [0.05, 0.1) is 5.02 Å². The van der Waals surface area contributed by atoms with Gasteiger partial charge in [-0.15, -0.1) is 0 Å². The third-order valence-electron chi connectivity index (χ3n) is 1.45. The lowest BCUT2D eigenvalue weighted by molar-refractivity contribution is -0.141. The van der Waals surface area contributed by atoms with Gasteiger partial charge < -0.3 is 5.73 Å². The highest BCUT2D eigenvalue weighted by Gasteiger charge is 2.32. The fraction of sp³-hybridized carbons (Fsp3) is 0.286. The topological polar surface area (TPSA) is 38.9 Å². The van der Waals surface area contributed by atoms with E-state index in [2.05, 4.69) is 4.98 Å². The smallest absolute Gasteiger partial charge is 0.326 e. The van der Waals surface area contributed by atoms with Crippen molar-refractivity contribution in [2.24, 2.45) is 5.73 Å². The number of aromatic nitrogens is 1. The molecule has 0 saturated heterocycles. The minimum atomic E-state index is -4.45. The number of hydrogen-bond donors (Lipinski definition) is 1. The summed E-state index contributed by atoms with van der Waals surface area (Å²) in [6.07, 6.45) is -3.50. The maximum absolute atomic E-state index is 12.1. The second-order valence-electron chi connectivity index (χ2n) is 2.36. The molecular formula is C7H6ClF3N2. The monoisotopic (exact) mass is 210 g/mol. The molecule has 0 aliphatic heterocycles. The van der Waals surface area contributed by atoms with Crippen molar-refractivity contribution in [3.05, 3.63) is 28.5 Å². The molecule has 0 radical (unpaired) electrons. The SMILES string of the molecule is NCc1cc(C(F)(F)F)ncc1Cl. The molecule has 2 nitrogen and oxygen atoms in total. The average Bonchev–Trinajstić information content (AvgIpc) is 2.03. The number of pyridine rings is 1. The first-order valence-corrected chi connectivity index (χ1v) is 3.74. The molecule has 1 aromatic heterocycles. The molecule has 1 rings (SSSR count). The van der Waals surface area contributed by atoms with E-state index < -0.39 is 11.9 Å². The van der Waals surface area contributed by atoms with Crippen LogP contribution in [0.2, 0.25) is 5.02 Å². The van der Waals surface area contributed by atoms with Crippen molar-refractivity contribution >= 4 is 11.6 Å². The van der Waals surface area contributed by atoms with Crippen LogP contribution in [0.1, 0.15) is 11.3 Å². The lowest BCUT2D eigenvalue weighted by Crippen LogP contribution is -2.09. The highest BCUT2D eigenvalue weighted by Crippen LogP contribution is 2.29. The van der Waals surface area contributed by atoms with Gasteiger partial charge in [-0.2, -0.15) is 13.2 Å².